The van der Waals surface area contributed by atoms with Crippen molar-refractivity contribution in [2.45, 2.75) is 25.3 Å². The highest BCUT2D eigenvalue weighted by atomic mass is 35.5. The standard InChI is InChI=1S/C13H22N2O2.ClH/c1-16-11-7-10(8-12(9-11)17-2)13(15)5-3-4-6-14;/h7-9,13H,3-6,14-15H2,1-2H3;1H/t13-;/m0./s1. The lowest BCUT2D eigenvalue weighted by molar-refractivity contribution is 0.392. The van der Waals surface area contributed by atoms with Crippen molar-refractivity contribution in [1.82, 2.24) is 0 Å². The number of benzene rings is 1. The Morgan fingerprint density at radius 1 is 1.06 bits per heavy atom. The van der Waals surface area contributed by atoms with Gasteiger partial charge in [0.1, 0.15) is 11.5 Å². The number of nitrogens with two attached hydrogens (primary N) is 2. The van der Waals surface area contributed by atoms with Crippen LogP contribution in [0.3, 0.4) is 0 Å². The Morgan fingerprint density at radius 3 is 2.06 bits per heavy atom. The lowest BCUT2D eigenvalue weighted by atomic mass is 10.0. The zero-order valence-electron chi connectivity index (χ0n) is 11.0. The quantitative estimate of drug-likeness (QED) is 0.748. The van der Waals surface area contributed by atoms with Gasteiger partial charge in [-0.15, -0.1) is 12.4 Å². The van der Waals surface area contributed by atoms with E-state index in [0.717, 1.165) is 36.3 Å². The molecule has 1 aromatic rings. The van der Waals surface area contributed by atoms with E-state index in [4.69, 9.17) is 20.9 Å². The second kappa shape index (κ2) is 9.03. The zero-order valence-corrected chi connectivity index (χ0v) is 11.8. The monoisotopic (exact) mass is 274 g/mol. The number of methoxy groups -OCH3 is 2. The molecule has 0 aliphatic heterocycles. The molecule has 104 valence electrons. The van der Waals surface area contributed by atoms with E-state index < -0.39 is 0 Å². The van der Waals surface area contributed by atoms with Crippen LogP contribution in [0.1, 0.15) is 30.9 Å². The number of hydrogen-bond acceptors (Lipinski definition) is 4. The van der Waals surface area contributed by atoms with Gasteiger partial charge in [-0.05, 0) is 37.1 Å². The van der Waals surface area contributed by atoms with Crippen molar-refractivity contribution < 1.29 is 9.47 Å². The minimum atomic E-state index is 0. The molecule has 0 saturated carbocycles. The number of halogens is 1. The van der Waals surface area contributed by atoms with Crippen molar-refractivity contribution in [3.8, 4) is 11.5 Å². The molecule has 5 heteroatoms. The number of ether oxygens (including phenoxy) is 2. The Bertz CT molecular complexity index is 326. The summed E-state index contributed by atoms with van der Waals surface area (Å²) >= 11 is 0. The summed E-state index contributed by atoms with van der Waals surface area (Å²) in [5.74, 6) is 1.54. The topological polar surface area (TPSA) is 70.5 Å². The first-order chi connectivity index (χ1) is 8.21. The molecular formula is C13H23ClN2O2. The zero-order chi connectivity index (χ0) is 12.7. The summed E-state index contributed by atoms with van der Waals surface area (Å²) < 4.78 is 10.4. The molecule has 4 N–H and O–H groups in total. The molecule has 0 aliphatic rings. The Kier molecular flexibility index (Phi) is 8.54. The second-order valence-electron chi connectivity index (χ2n) is 4.04. The summed E-state index contributed by atoms with van der Waals surface area (Å²) in [5.41, 5.74) is 12.6. The molecule has 0 fully saturated rings. The third kappa shape index (κ3) is 5.12. The summed E-state index contributed by atoms with van der Waals surface area (Å²) in [6, 6.07) is 5.76. The van der Waals surface area contributed by atoms with Gasteiger partial charge in [-0.3, -0.25) is 0 Å². The molecule has 0 radical (unpaired) electrons. The Labute approximate surface area is 115 Å². The molecule has 0 amide bonds. The van der Waals surface area contributed by atoms with E-state index in [1.165, 1.54) is 0 Å². The molecule has 0 bridgehead atoms. The van der Waals surface area contributed by atoms with E-state index in [9.17, 15) is 0 Å². The molecular weight excluding hydrogens is 252 g/mol. The van der Waals surface area contributed by atoms with E-state index in [1.54, 1.807) is 14.2 Å². The van der Waals surface area contributed by atoms with Crippen LogP contribution in [-0.2, 0) is 0 Å². The molecule has 1 atom stereocenters. The van der Waals surface area contributed by atoms with Crippen molar-refractivity contribution in [1.29, 1.82) is 0 Å². The molecule has 18 heavy (non-hydrogen) atoms. The van der Waals surface area contributed by atoms with Crippen molar-refractivity contribution in [3.05, 3.63) is 23.8 Å². The van der Waals surface area contributed by atoms with Crippen LogP contribution in [-0.4, -0.2) is 20.8 Å². The van der Waals surface area contributed by atoms with Gasteiger partial charge in [0.25, 0.3) is 0 Å². The van der Waals surface area contributed by atoms with Crippen molar-refractivity contribution >= 4 is 12.4 Å². The van der Waals surface area contributed by atoms with Crippen molar-refractivity contribution in [2.75, 3.05) is 20.8 Å². The van der Waals surface area contributed by atoms with E-state index in [-0.39, 0.29) is 18.4 Å². The summed E-state index contributed by atoms with van der Waals surface area (Å²) in [5, 5.41) is 0. The molecule has 0 saturated heterocycles. The Morgan fingerprint density at radius 2 is 1.61 bits per heavy atom. The maximum atomic E-state index is 6.13. The maximum absolute atomic E-state index is 6.13. The van der Waals surface area contributed by atoms with Crippen LogP contribution in [0, 0.1) is 0 Å². The average Bonchev–Trinajstić information content (AvgIpc) is 2.38. The first kappa shape index (κ1) is 17.0. The maximum Gasteiger partial charge on any atom is 0.122 e. The number of unbranched alkanes of at least 4 members (excludes halogenated alkanes) is 1. The summed E-state index contributed by atoms with van der Waals surface area (Å²) in [7, 11) is 3.27. The van der Waals surface area contributed by atoms with Crippen LogP contribution in [0.4, 0.5) is 0 Å². The molecule has 1 aromatic carbocycles. The van der Waals surface area contributed by atoms with E-state index in [2.05, 4.69) is 0 Å². The average molecular weight is 275 g/mol. The van der Waals surface area contributed by atoms with Crippen LogP contribution < -0.4 is 20.9 Å². The molecule has 0 aromatic heterocycles. The Balaban J connectivity index is 0.00000289. The fourth-order valence-corrected chi connectivity index (χ4v) is 1.72. The lowest BCUT2D eigenvalue weighted by Gasteiger charge is -2.14. The fourth-order valence-electron chi connectivity index (χ4n) is 1.72. The van der Waals surface area contributed by atoms with Gasteiger partial charge in [-0.1, -0.05) is 6.42 Å². The van der Waals surface area contributed by atoms with Gasteiger partial charge < -0.3 is 20.9 Å². The highest BCUT2D eigenvalue weighted by Crippen LogP contribution is 2.27. The molecule has 0 spiro atoms. The first-order valence-corrected chi connectivity index (χ1v) is 5.90. The van der Waals surface area contributed by atoms with Gasteiger partial charge in [-0.2, -0.15) is 0 Å². The third-order valence-corrected chi connectivity index (χ3v) is 2.77. The minimum absolute atomic E-state index is 0. The van der Waals surface area contributed by atoms with Crippen molar-refractivity contribution in [3.63, 3.8) is 0 Å². The van der Waals surface area contributed by atoms with E-state index in [0.29, 0.717) is 6.54 Å². The van der Waals surface area contributed by atoms with Gasteiger partial charge in [0.2, 0.25) is 0 Å². The predicted molar refractivity (Wildman–Crippen MR) is 76.6 cm³/mol. The van der Waals surface area contributed by atoms with Crippen molar-refractivity contribution in [2.24, 2.45) is 11.5 Å². The lowest BCUT2D eigenvalue weighted by Crippen LogP contribution is -2.11. The summed E-state index contributed by atoms with van der Waals surface area (Å²) in [6.07, 6.45) is 2.97. The first-order valence-electron chi connectivity index (χ1n) is 5.90. The highest BCUT2D eigenvalue weighted by molar-refractivity contribution is 5.85. The molecule has 0 aliphatic carbocycles. The molecule has 1 rings (SSSR count). The Hall–Kier alpha value is -0.970. The number of hydrogen-bond donors (Lipinski definition) is 2. The smallest absolute Gasteiger partial charge is 0.122 e. The SMILES string of the molecule is COc1cc(OC)cc([C@@H](N)CCCCN)c1.Cl. The summed E-state index contributed by atoms with van der Waals surface area (Å²) in [4.78, 5) is 0. The van der Waals surface area contributed by atoms with E-state index >= 15 is 0 Å². The van der Waals surface area contributed by atoms with Gasteiger partial charge in [-0.25, -0.2) is 0 Å². The third-order valence-electron chi connectivity index (χ3n) is 2.77. The normalized spacial score (nSPS) is 11.6. The predicted octanol–water partition coefficient (Wildman–Crippen LogP) is 2.25. The van der Waals surface area contributed by atoms with Crippen LogP contribution in [0.15, 0.2) is 18.2 Å². The number of rotatable bonds is 7. The van der Waals surface area contributed by atoms with Crippen LogP contribution in [0.2, 0.25) is 0 Å². The van der Waals surface area contributed by atoms with Crippen LogP contribution in [0.25, 0.3) is 0 Å². The second-order valence-corrected chi connectivity index (χ2v) is 4.04. The molecule has 0 heterocycles. The highest BCUT2D eigenvalue weighted by Gasteiger charge is 2.09. The van der Waals surface area contributed by atoms with Gasteiger partial charge >= 0.3 is 0 Å². The van der Waals surface area contributed by atoms with Crippen LogP contribution in [0.5, 0.6) is 11.5 Å². The van der Waals surface area contributed by atoms with Gasteiger partial charge in [0, 0.05) is 12.1 Å². The van der Waals surface area contributed by atoms with Gasteiger partial charge in [0.05, 0.1) is 14.2 Å². The van der Waals surface area contributed by atoms with E-state index in [1.807, 2.05) is 18.2 Å². The minimum Gasteiger partial charge on any atom is -0.497 e. The largest absolute Gasteiger partial charge is 0.497 e. The molecule has 4 nitrogen and oxygen atoms in total. The van der Waals surface area contributed by atoms with Gasteiger partial charge in [0.15, 0.2) is 0 Å². The molecule has 0 unspecified atom stereocenters. The fraction of sp³-hybridized carbons (Fsp3) is 0.538. The summed E-state index contributed by atoms with van der Waals surface area (Å²) in [6.45, 7) is 0.716. The van der Waals surface area contributed by atoms with Crippen LogP contribution >= 0.6 is 12.4 Å².